The summed E-state index contributed by atoms with van der Waals surface area (Å²) >= 11 is 0. The highest BCUT2D eigenvalue weighted by atomic mass is 32.2. The van der Waals surface area contributed by atoms with E-state index in [-0.39, 0.29) is 25.2 Å². The van der Waals surface area contributed by atoms with E-state index < -0.39 is 68.6 Å². The van der Waals surface area contributed by atoms with Gasteiger partial charge in [0.1, 0.15) is 12.1 Å². The Kier molecular flexibility index (Phi) is 17.7. The number of nitrogens with zero attached hydrogens (tertiary/aromatic N) is 4. The van der Waals surface area contributed by atoms with Gasteiger partial charge in [0.05, 0.1) is 26.2 Å². The summed E-state index contributed by atoms with van der Waals surface area (Å²) in [6, 6.07) is -1.40. The number of unbranched alkanes of at least 4 members (excludes halogenated alkanes) is 4. The number of benzene rings is 1. The molecule has 3 rings (SSSR count). The number of halogens is 3. The monoisotopic (exact) mass is 777 g/mol. The normalized spacial score (nSPS) is 18.6. The van der Waals surface area contributed by atoms with Gasteiger partial charge < -0.3 is 20.0 Å². The predicted molar refractivity (Wildman–Crippen MR) is 191 cm³/mol. The Hall–Kier alpha value is -3.77. The number of rotatable bonds is 18. The molecule has 53 heavy (non-hydrogen) atoms. The van der Waals surface area contributed by atoms with Crippen LogP contribution in [0.2, 0.25) is 0 Å². The zero-order valence-corrected chi connectivity index (χ0v) is 32.2. The highest BCUT2D eigenvalue weighted by Crippen LogP contribution is 2.37. The molecule has 6 amide bonds. The maximum atomic E-state index is 13.4. The van der Waals surface area contributed by atoms with Gasteiger partial charge in [-0.05, 0) is 38.2 Å². The van der Waals surface area contributed by atoms with Crippen LogP contribution in [0.5, 0.6) is 0 Å². The molecule has 14 nitrogen and oxygen atoms in total. The fourth-order valence-corrected chi connectivity index (χ4v) is 7.25. The van der Waals surface area contributed by atoms with Crippen LogP contribution in [0.15, 0.2) is 30.3 Å². The van der Waals surface area contributed by atoms with Gasteiger partial charge in [-0.25, -0.2) is 4.79 Å². The van der Waals surface area contributed by atoms with Gasteiger partial charge in [0.15, 0.2) is 6.04 Å². The lowest BCUT2D eigenvalue weighted by molar-refractivity contribution is -0.929. The van der Waals surface area contributed by atoms with Gasteiger partial charge in [0, 0.05) is 19.6 Å². The first-order valence-electron chi connectivity index (χ1n) is 18.4. The van der Waals surface area contributed by atoms with Crippen molar-refractivity contribution in [3.8, 4) is 0 Å². The van der Waals surface area contributed by atoms with E-state index in [1.807, 2.05) is 0 Å². The molecule has 2 fully saturated rings. The van der Waals surface area contributed by atoms with Crippen molar-refractivity contribution in [1.82, 2.24) is 24.7 Å². The summed E-state index contributed by atoms with van der Waals surface area (Å²) in [7, 11) is -5.58. The van der Waals surface area contributed by atoms with Crippen LogP contribution in [-0.4, -0.2) is 125 Å². The van der Waals surface area contributed by atoms with Gasteiger partial charge in [-0.15, -0.1) is 0 Å². The lowest BCUT2D eigenvalue weighted by Gasteiger charge is -2.44. The van der Waals surface area contributed by atoms with Gasteiger partial charge >= 0.3 is 34.3 Å². The first-order chi connectivity index (χ1) is 24.9. The summed E-state index contributed by atoms with van der Waals surface area (Å²) in [5.74, 6) is -5.23. The van der Waals surface area contributed by atoms with Crippen molar-refractivity contribution in [2.45, 2.75) is 110 Å². The first kappa shape index (κ1) is 45.4. The Morgan fingerprint density at radius 2 is 1.34 bits per heavy atom. The number of alkyl halides is 3. The van der Waals surface area contributed by atoms with Crippen LogP contribution in [0.4, 0.5) is 18.0 Å². The molecule has 3 atom stereocenters. The molecule has 18 heteroatoms. The number of imide groups is 1. The molecule has 2 heterocycles. The lowest BCUT2D eigenvalue weighted by Crippen LogP contribution is -2.76. The molecule has 3 unspecified atom stereocenters. The van der Waals surface area contributed by atoms with E-state index in [9.17, 15) is 45.6 Å². The third-order valence-electron chi connectivity index (χ3n) is 9.48. The van der Waals surface area contributed by atoms with Gasteiger partial charge in [0.2, 0.25) is 5.91 Å². The van der Waals surface area contributed by atoms with E-state index in [0.717, 1.165) is 0 Å². The lowest BCUT2D eigenvalue weighted by atomic mass is 9.97. The van der Waals surface area contributed by atoms with E-state index >= 15 is 0 Å². The Morgan fingerprint density at radius 1 is 0.849 bits per heavy atom. The highest BCUT2D eigenvalue weighted by Gasteiger charge is 2.65. The Balaban J connectivity index is 0.000000482. The van der Waals surface area contributed by atoms with E-state index in [2.05, 4.69) is 33.0 Å². The molecular formula is C35H56F3N6O8S+. The zero-order chi connectivity index (χ0) is 40.0. The molecule has 0 spiro atoms. The molecular weight excluding hydrogens is 721 g/mol. The SMILES string of the molecule is CCCC[N+](CCCC)(CCCC)CCCC.CCN1CCN(C(=O)NC(C(=O)NC2C(=O)N(S(=O)(=O)O)C2C(F)(F)F)c2ccccc2)C(=O)C1=O. The first-order valence-corrected chi connectivity index (χ1v) is 19.8. The van der Waals surface area contributed by atoms with E-state index in [1.165, 1.54) is 117 Å². The third-order valence-corrected chi connectivity index (χ3v) is 10.4. The molecule has 0 bridgehead atoms. The van der Waals surface area contributed by atoms with Crippen LogP contribution in [0.3, 0.4) is 0 Å². The third kappa shape index (κ3) is 12.4. The number of carbonyl (C=O) groups is 5. The standard InChI is InChI=1S/C19H20F3N5O8S.C16H36N/c1-2-25-8-9-26(17(31)16(25)30)18(32)24-11(10-6-4-3-5-7-10)14(28)23-12-13(19(20,21)22)27(15(12)29)36(33,34)35;1-5-9-13-17(14-10-6-2,15-11-7-3)16-12-8-4/h3-7,11-13H,2,8-9H2,1H3,(H,23,28)(H,24,32)(H,33,34,35);5-16H2,1-4H3/q;+1. The Morgan fingerprint density at radius 3 is 1.75 bits per heavy atom. The molecule has 0 aromatic heterocycles. The smallest absolute Gasteiger partial charge is 0.340 e. The fourth-order valence-electron chi connectivity index (χ4n) is 6.38. The average Bonchev–Trinajstić information content (AvgIpc) is 3.11. The second-order valence-electron chi connectivity index (χ2n) is 13.4. The topological polar surface area (TPSA) is 173 Å². The van der Waals surface area contributed by atoms with Gasteiger partial charge in [-0.2, -0.15) is 25.9 Å². The number of amides is 6. The fraction of sp³-hybridized carbons (Fsp3) is 0.686. The van der Waals surface area contributed by atoms with Crippen LogP contribution in [0.25, 0.3) is 0 Å². The molecule has 1 aromatic carbocycles. The highest BCUT2D eigenvalue weighted by molar-refractivity contribution is 7.84. The number of quaternary nitrogens is 1. The summed E-state index contributed by atoms with van der Waals surface area (Å²) in [6.07, 6.45) is 5.71. The molecule has 1 aromatic rings. The maximum absolute atomic E-state index is 13.4. The number of β-lactam (4-membered cyclic amide) rings is 1. The van der Waals surface area contributed by atoms with Crippen molar-refractivity contribution in [2.75, 3.05) is 45.8 Å². The predicted octanol–water partition coefficient (Wildman–Crippen LogP) is 4.19. The van der Waals surface area contributed by atoms with Crippen LogP contribution in [0.1, 0.15) is 97.6 Å². The van der Waals surface area contributed by atoms with Crippen molar-refractivity contribution in [2.24, 2.45) is 0 Å². The van der Waals surface area contributed by atoms with Crippen LogP contribution in [0, 0.1) is 0 Å². The second kappa shape index (κ2) is 20.6. The van der Waals surface area contributed by atoms with E-state index in [0.29, 0.717) is 4.90 Å². The average molecular weight is 778 g/mol. The second-order valence-corrected chi connectivity index (χ2v) is 14.7. The minimum absolute atomic E-state index is 0.0198. The molecule has 2 saturated heterocycles. The molecule has 0 radical (unpaired) electrons. The number of piperazine rings is 1. The molecule has 300 valence electrons. The number of carbonyl (C=O) groups excluding carboxylic acids is 5. The summed E-state index contributed by atoms with van der Waals surface area (Å²) in [6.45, 7) is 16.7. The van der Waals surface area contributed by atoms with Crippen LogP contribution in [-0.2, 0) is 29.5 Å². The number of urea groups is 1. The summed E-state index contributed by atoms with van der Waals surface area (Å²) in [5.41, 5.74) is 0.0382. The van der Waals surface area contributed by atoms with Crippen LogP contribution >= 0.6 is 0 Å². The molecule has 0 aliphatic carbocycles. The van der Waals surface area contributed by atoms with Crippen molar-refractivity contribution >= 4 is 40.0 Å². The maximum Gasteiger partial charge on any atom is 0.412 e. The molecule has 2 aliphatic rings. The quantitative estimate of drug-likeness (QED) is 0.0862. The summed E-state index contributed by atoms with van der Waals surface area (Å²) in [4.78, 5) is 63.9. The molecule has 3 N–H and O–H groups in total. The van der Waals surface area contributed by atoms with Crippen molar-refractivity contribution in [1.29, 1.82) is 0 Å². The van der Waals surface area contributed by atoms with Crippen molar-refractivity contribution < 1.29 is 54.6 Å². The zero-order valence-electron chi connectivity index (χ0n) is 31.4. The Bertz CT molecular complexity index is 1460. The number of likely N-dealkylation sites (N-methyl/N-ethyl adjacent to an activating group) is 1. The molecule has 2 aliphatic heterocycles. The van der Waals surface area contributed by atoms with Gasteiger partial charge in [-0.1, -0.05) is 83.7 Å². The number of hydrogen-bond acceptors (Lipinski definition) is 7. The van der Waals surface area contributed by atoms with Crippen molar-refractivity contribution in [3.63, 3.8) is 0 Å². The van der Waals surface area contributed by atoms with E-state index in [4.69, 9.17) is 4.55 Å². The minimum atomic E-state index is -5.58. The van der Waals surface area contributed by atoms with Gasteiger partial charge in [-0.3, -0.25) is 28.6 Å². The summed E-state index contributed by atoms with van der Waals surface area (Å²) < 4.78 is 72.2. The van der Waals surface area contributed by atoms with Gasteiger partial charge in [0.25, 0.3) is 5.91 Å². The Labute approximate surface area is 310 Å². The van der Waals surface area contributed by atoms with Crippen LogP contribution < -0.4 is 10.6 Å². The minimum Gasteiger partial charge on any atom is -0.340 e. The molecule has 0 saturated carbocycles. The largest absolute Gasteiger partial charge is 0.412 e. The number of hydrogen-bond donors (Lipinski definition) is 3. The number of nitrogens with one attached hydrogen (secondary N) is 2. The van der Waals surface area contributed by atoms with E-state index in [1.54, 1.807) is 12.2 Å². The van der Waals surface area contributed by atoms with Crippen molar-refractivity contribution in [3.05, 3.63) is 35.9 Å². The summed E-state index contributed by atoms with van der Waals surface area (Å²) in [5, 5.41) is 3.91.